The lowest BCUT2D eigenvalue weighted by atomic mass is 9.99. The van der Waals surface area contributed by atoms with Gasteiger partial charge in [0.2, 0.25) is 0 Å². The zero-order valence-corrected chi connectivity index (χ0v) is 17.2. The van der Waals surface area contributed by atoms with Gasteiger partial charge in [-0.05, 0) is 41.4 Å². The number of aliphatic hydroxyl groups is 1. The number of rotatable bonds is 6. The van der Waals surface area contributed by atoms with E-state index in [1.54, 1.807) is 7.11 Å². The molecule has 0 heterocycles. The first-order valence-electron chi connectivity index (χ1n) is 8.69. The number of benzene rings is 2. The van der Waals surface area contributed by atoms with Gasteiger partial charge in [0.15, 0.2) is 8.32 Å². The van der Waals surface area contributed by atoms with Crippen LogP contribution in [0.25, 0.3) is 0 Å². The third kappa shape index (κ3) is 4.72. The molecule has 0 aromatic heterocycles. The van der Waals surface area contributed by atoms with E-state index in [2.05, 4.69) is 33.9 Å². The van der Waals surface area contributed by atoms with Gasteiger partial charge in [0, 0.05) is 5.56 Å². The molecule has 0 saturated heterocycles. The molecule has 2 aromatic carbocycles. The quantitative estimate of drug-likeness (QED) is 0.712. The van der Waals surface area contributed by atoms with Crippen LogP contribution in [0.2, 0.25) is 18.1 Å². The Labute approximate surface area is 152 Å². The van der Waals surface area contributed by atoms with Gasteiger partial charge in [0.05, 0.1) is 13.7 Å². The SMILES string of the molecule is COc1ccc(C(O)c2ccccc2)cc1CO[Si](C)(C)C(C)(C)C. The van der Waals surface area contributed by atoms with Crippen LogP contribution in [0.1, 0.15) is 43.6 Å². The molecule has 25 heavy (non-hydrogen) atoms. The smallest absolute Gasteiger partial charge is 0.192 e. The fraction of sp³-hybridized carbons (Fsp3) is 0.429. The third-order valence-electron chi connectivity index (χ3n) is 5.13. The van der Waals surface area contributed by atoms with Crippen molar-refractivity contribution >= 4 is 8.32 Å². The Balaban J connectivity index is 2.26. The van der Waals surface area contributed by atoms with Gasteiger partial charge in [-0.1, -0.05) is 57.2 Å². The molecule has 1 unspecified atom stereocenters. The highest BCUT2D eigenvalue weighted by Crippen LogP contribution is 2.38. The lowest BCUT2D eigenvalue weighted by Crippen LogP contribution is -2.40. The average molecular weight is 359 g/mol. The highest BCUT2D eigenvalue weighted by molar-refractivity contribution is 6.74. The molecule has 3 nitrogen and oxygen atoms in total. The number of aliphatic hydroxyl groups excluding tert-OH is 1. The van der Waals surface area contributed by atoms with E-state index in [-0.39, 0.29) is 5.04 Å². The van der Waals surface area contributed by atoms with Crippen LogP contribution in [0, 0.1) is 0 Å². The first-order chi connectivity index (χ1) is 11.7. The van der Waals surface area contributed by atoms with Gasteiger partial charge in [-0.25, -0.2) is 0 Å². The van der Waals surface area contributed by atoms with Crippen molar-refractivity contribution in [1.29, 1.82) is 0 Å². The minimum absolute atomic E-state index is 0.154. The molecule has 1 N–H and O–H groups in total. The number of hydrogen-bond acceptors (Lipinski definition) is 3. The van der Waals surface area contributed by atoms with E-state index in [0.717, 1.165) is 22.4 Å². The van der Waals surface area contributed by atoms with Crippen molar-refractivity contribution in [3.8, 4) is 5.75 Å². The maximum absolute atomic E-state index is 10.7. The van der Waals surface area contributed by atoms with E-state index in [1.165, 1.54) is 0 Å². The molecule has 0 radical (unpaired) electrons. The second-order valence-corrected chi connectivity index (χ2v) is 12.7. The highest BCUT2D eigenvalue weighted by atomic mass is 28.4. The standard InChI is InChI=1S/C21H30O3Si/c1-21(2,3)25(5,6)24-15-18-14-17(12-13-19(18)23-4)20(22)16-10-8-7-9-11-16/h7-14,20,22H,15H2,1-6H3. The van der Waals surface area contributed by atoms with Crippen molar-refractivity contribution in [3.05, 3.63) is 65.2 Å². The summed E-state index contributed by atoms with van der Waals surface area (Å²) in [5.41, 5.74) is 2.70. The molecular formula is C21H30O3Si. The van der Waals surface area contributed by atoms with E-state index in [9.17, 15) is 5.11 Å². The predicted octanol–water partition coefficient (Wildman–Crippen LogP) is 5.30. The van der Waals surface area contributed by atoms with Crippen LogP contribution in [0.5, 0.6) is 5.75 Å². The minimum atomic E-state index is -1.85. The Morgan fingerprint density at radius 2 is 1.64 bits per heavy atom. The van der Waals surface area contributed by atoms with E-state index in [1.807, 2.05) is 48.5 Å². The molecule has 0 spiro atoms. The minimum Gasteiger partial charge on any atom is -0.496 e. The summed E-state index contributed by atoms with van der Waals surface area (Å²) < 4.78 is 11.8. The Kier molecular flexibility index (Phi) is 6.09. The van der Waals surface area contributed by atoms with Crippen LogP contribution < -0.4 is 4.74 Å². The Morgan fingerprint density at radius 1 is 1.00 bits per heavy atom. The normalized spacial score (nSPS) is 13.6. The van der Waals surface area contributed by atoms with Crippen molar-refractivity contribution in [2.45, 2.75) is 51.6 Å². The average Bonchev–Trinajstić information content (AvgIpc) is 2.59. The topological polar surface area (TPSA) is 38.7 Å². The van der Waals surface area contributed by atoms with Crippen molar-refractivity contribution in [1.82, 2.24) is 0 Å². The summed E-state index contributed by atoms with van der Waals surface area (Å²) in [5, 5.41) is 10.8. The van der Waals surface area contributed by atoms with Crippen LogP contribution >= 0.6 is 0 Å². The number of methoxy groups -OCH3 is 1. The first-order valence-corrected chi connectivity index (χ1v) is 11.6. The summed E-state index contributed by atoms with van der Waals surface area (Å²) in [4.78, 5) is 0. The summed E-state index contributed by atoms with van der Waals surface area (Å²) in [5.74, 6) is 0.794. The molecule has 2 rings (SSSR count). The van der Waals surface area contributed by atoms with Crippen molar-refractivity contribution in [3.63, 3.8) is 0 Å². The van der Waals surface area contributed by atoms with Gasteiger partial charge in [-0.2, -0.15) is 0 Å². The Morgan fingerprint density at radius 3 is 2.20 bits per heavy atom. The van der Waals surface area contributed by atoms with Gasteiger partial charge < -0.3 is 14.3 Å². The first kappa shape index (κ1) is 19.7. The largest absolute Gasteiger partial charge is 0.496 e. The highest BCUT2D eigenvalue weighted by Gasteiger charge is 2.37. The Bertz CT molecular complexity index is 690. The Hall–Kier alpha value is -1.62. The van der Waals surface area contributed by atoms with Crippen LogP contribution in [-0.4, -0.2) is 20.5 Å². The van der Waals surface area contributed by atoms with Gasteiger partial charge in [0.25, 0.3) is 0 Å². The summed E-state index contributed by atoms with van der Waals surface area (Å²) in [6.45, 7) is 11.7. The molecule has 1 atom stereocenters. The maximum atomic E-state index is 10.7. The van der Waals surface area contributed by atoms with Gasteiger partial charge in [-0.3, -0.25) is 0 Å². The van der Waals surface area contributed by atoms with Crippen LogP contribution in [-0.2, 0) is 11.0 Å². The van der Waals surface area contributed by atoms with Crippen LogP contribution in [0.3, 0.4) is 0 Å². The van der Waals surface area contributed by atoms with E-state index in [0.29, 0.717) is 6.61 Å². The predicted molar refractivity (Wildman–Crippen MR) is 105 cm³/mol. The number of ether oxygens (including phenoxy) is 1. The zero-order valence-electron chi connectivity index (χ0n) is 16.2. The van der Waals surface area contributed by atoms with Crippen LogP contribution in [0.4, 0.5) is 0 Å². The molecule has 0 amide bonds. The van der Waals surface area contributed by atoms with E-state index >= 15 is 0 Å². The van der Waals surface area contributed by atoms with E-state index in [4.69, 9.17) is 9.16 Å². The second-order valence-electron chi connectivity index (χ2n) is 7.93. The third-order valence-corrected chi connectivity index (χ3v) is 9.61. The lowest BCUT2D eigenvalue weighted by Gasteiger charge is -2.36. The van der Waals surface area contributed by atoms with Crippen molar-refractivity contribution in [2.24, 2.45) is 0 Å². The molecule has 0 aliphatic rings. The summed E-state index contributed by atoms with van der Waals surface area (Å²) in [7, 11) is -0.185. The summed E-state index contributed by atoms with van der Waals surface area (Å²) in [6, 6.07) is 15.5. The maximum Gasteiger partial charge on any atom is 0.192 e. The molecule has 0 aliphatic heterocycles. The molecular weight excluding hydrogens is 328 g/mol. The summed E-state index contributed by atoms with van der Waals surface area (Å²) in [6.07, 6.45) is -0.654. The molecule has 2 aromatic rings. The lowest BCUT2D eigenvalue weighted by molar-refractivity contribution is 0.219. The monoisotopic (exact) mass is 358 g/mol. The molecule has 0 bridgehead atoms. The fourth-order valence-corrected chi connectivity index (χ4v) is 3.33. The van der Waals surface area contributed by atoms with Crippen molar-refractivity contribution in [2.75, 3.05) is 7.11 Å². The van der Waals surface area contributed by atoms with Crippen molar-refractivity contribution < 1.29 is 14.3 Å². The van der Waals surface area contributed by atoms with E-state index < -0.39 is 14.4 Å². The van der Waals surface area contributed by atoms with Gasteiger partial charge in [-0.15, -0.1) is 0 Å². The molecule has 0 aliphatic carbocycles. The second kappa shape index (κ2) is 7.73. The fourth-order valence-electron chi connectivity index (χ4n) is 2.38. The van der Waals surface area contributed by atoms with Gasteiger partial charge >= 0.3 is 0 Å². The summed E-state index contributed by atoms with van der Waals surface area (Å²) >= 11 is 0. The van der Waals surface area contributed by atoms with Gasteiger partial charge in [0.1, 0.15) is 11.9 Å². The number of hydrogen-bond donors (Lipinski definition) is 1. The molecule has 136 valence electrons. The van der Waals surface area contributed by atoms with Crippen LogP contribution in [0.15, 0.2) is 48.5 Å². The zero-order chi connectivity index (χ0) is 18.7. The molecule has 4 heteroatoms. The molecule has 0 fully saturated rings. The molecule has 0 saturated carbocycles.